The van der Waals surface area contributed by atoms with Gasteiger partial charge in [0, 0.05) is 6.54 Å². The van der Waals surface area contributed by atoms with Crippen molar-refractivity contribution < 1.29 is 8.42 Å². The summed E-state index contributed by atoms with van der Waals surface area (Å²) in [5, 5.41) is 8.30. The zero-order chi connectivity index (χ0) is 11.3. The standard InChI is InChI=1S/C10H18N2O2S/c1-9-2-4-10(5-3-9)8-12-15(13,14)7-6-11/h9-10,12H,2-5,7-8H2,1H3. The first-order valence-electron chi connectivity index (χ1n) is 5.38. The second-order valence-electron chi connectivity index (χ2n) is 4.39. The van der Waals surface area contributed by atoms with Gasteiger partial charge in [0.2, 0.25) is 10.0 Å². The molecule has 0 aromatic rings. The molecule has 15 heavy (non-hydrogen) atoms. The highest BCUT2D eigenvalue weighted by Crippen LogP contribution is 2.27. The van der Waals surface area contributed by atoms with Gasteiger partial charge in [-0.1, -0.05) is 19.8 Å². The molecule has 5 heteroatoms. The van der Waals surface area contributed by atoms with Crippen LogP contribution in [0.4, 0.5) is 0 Å². The van der Waals surface area contributed by atoms with Crippen LogP contribution < -0.4 is 4.72 Å². The molecule has 1 saturated carbocycles. The average molecular weight is 230 g/mol. The van der Waals surface area contributed by atoms with E-state index in [1.807, 2.05) is 0 Å². The number of nitriles is 1. The Hall–Kier alpha value is -0.600. The third-order valence-electron chi connectivity index (χ3n) is 2.98. The van der Waals surface area contributed by atoms with Gasteiger partial charge in [0.25, 0.3) is 0 Å². The Morgan fingerprint density at radius 1 is 1.33 bits per heavy atom. The van der Waals surface area contributed by atoms with Gasteiger partial charge in [0.15, 0.2) is 5.75 Å². The first kappa shape index (κ1) is 12.5. The Bertz CT molecular complexity index is 324. The monoisotopic (exact) mass is 230 g/mol. The van der Waals surface area contributed by atoms with Crippen molar-refractivity contribution in [2.24, 2.45) is 11.8 Å². The number of nitrogens with one attached hydrogen (secondary N) is 1. The molecule has 1 aliphatic rings. The minimum absolute atomic E-state index is 0.434. The van der Waals surface area contributed by atoms with Crippen molar-refractivity contribution >= 4 is 10.0 Å². The molecule has 0 bridgehead atoms. The largest absolute Gasteiger partial charge is 0.225 e. The summed E-state index contributed by atoms with van der Waals surface area (Å²) in [6.45, 7) is 2.73. The lowest BCUT2D eigenvalue weighted by Crippen LogP contribution is -2.32. The van der Waals surface area contributed by atoms with Crippen LogP contribution >= 0.6 is 0 Å². The molecule has 0 aromatic heterocycles. The van der Waals surface area contributed by atoms with Crippen LogP contribution in [0.15, 0.2) is 0 Å². The lowest BCUT2D eigenvalue weighted by molar-refractivity contribution is 0.290. The molecule has 1 aliphatic carbocycles. The highest BCUT2D eigenvalue weighted by molar-refractivity contribution is 7.89. The molecule has 0 unspecified atom stereocenters. The first-order valence-corrected chi connectivity index (χ1v) is 7.03. The molecule has 0 spiro atoms. The Labute approximate surface area is 91.7 Å². The normalized spacial score (nSPS) is 27.2. The van der Waals surface area contributed by atoms with Crippen LogP contribution in [0, 0.1) is 23.2 Å². The Morgan fingerprint density at radius 2 is 1.93 bits per heavy atom. The number of hydrogen-bond acceptors (Lipinski definition) is 3. The van der Waals surface area contributed by atoms with Gasteiger partial charge in [0.05, 0.1) is 6.07 Å². The topological polar surface area (TPSA) is 70.0 Å². The minimum atomic E-state index is -3.36. The van der Waals surface area contributed by atoms with E-state index in [1.54, 1.807) is 6.07 Å². The average Bonchev–Trinajstić information content (AvgIpc) is 2.17. The predicted octanol–water partition coefficient (Wildman–Crippen LogP) is 1.26. The molecule has 0 aliphatic heterocycles. The molecule has 1 N–H and O–H groups in total. The van der Waals surface area contributed by atoms with E-state index in [2.05, 4.69) is 11.6 Å². The number of nitrogens with zero attached hydrogens (tertiary/aromatic N) is 1. The van der Waals surface area contributed by atoms with E-state index in [0.29, 0.717) is 12.5 Å². The highest BCUT2D eigenvalue weighted by atomic mass is 32.2. The SMILES string of the molecule is CC1CCC(CNS(=O)(=O)CC#N)CC1. The van der Waals surface area contributed by atoms with E-state index in [-0.39, 0.29) is 0 Å². The molecule has 0 heterocycles. The molecule has 0 amide bonds. The van der Waals surface area contributed by atoms with Gasteiger partial charge in [-0.15, -0.1) is 0 Å². The predicted molar refractivity (Wildman–Crippen MR) is 58.5 cm³/mol. The van der Waals surface area contributed by atoms with Gasteiger partial charge < -0.3 is 0 Å². The fraction of sp³-hybridized carbons (Fsp3) is 0.900. The van der Waals surface area contributed by atoms with Crippen molar-refractivity contribution in [2.75, 3.05) is 12.3 Å². The van der Waals surface area contributed by atoms with Crippen molar-refractivity contribution in [2.45, 2.75) is 32.6 Å². The van der Waals surface area contributed by atoms with Crippen LogP contribution in [0.25, 0.3) is 0 Å². The van der Waals surface area contributed by atoms with Crippen molar-refractivity contribution in [3.63, 3.8) is 0 Å². The fourth-order valence-corrected chi connectivity index (χ4v) is 2.68. The van der Waals surface area contributed by atoms with Gasteiger partial charge in [0.1, 0.15) is 0 Å². The zero-order valence-electron chi connectivity index (χ0n) is 9.07. The summed E-state index contributed by atoms with van der Waals surface area (Å²) in [4.78, 5) is 0. The number of rotatable bonds is 4. The molecule has 0 atom stereocenters. The van der Waals surface area contributed by atoms with Gasteiger partial charge in [-0.2, -0.15) is 5.26 Å². The molecule has 0 aromatic carbocycles. The smallest absolute Gasteiger partial charge is 0.214 e. The third-order valence-corrected chi connectivity index (χ3v) is 4.10. The van der Waals surface area contributed by atoms with Gasteiger partial charge >= 0.3 is 0 Å². The van der Waals surface area contributed by atoms with E-state index in [4.69, 9.17) is 5.26 Å². The van der Waals surface area contributed by atoms with Crippen molar-refractivity contribution in [1.29, 1.82) is 5.26 Å². The summed E-state index contributed by atoms with van der Waals surface area (Å²) >= 11 is 0. The lowest BCUT2D eigenvalue weighted by atomic mass is 9.83. The maximum Gasteiger partial charge on any atom is 0.225 e. The van der Waals surface area contributed by atoms with Crippen LogP contribution in [0.5, 0.6) is 0 Å². The third kappa shape index (κ3) is 4.63. The second-order valence-corrected chi connectivity index (χ2v) is 6.20. The molecule has 86 valence electrons. The Morgan fingerprint density at radius 3 is 2.47 bits per heavy atom. The number of sulfonamides is 1. The molecule has 0 saturated heterocycles. The molecule has 4 nitrogen and oxygen atoms in total. The van der Waals surface area contributed by atoms with E-state index in [9.17, 15) is 8.42 Å². The van der Waals surface area contributed by atoms with E-state index in [1.165, 1.54) is 12.8 Å². The zero-order valence-corrected chi connectivity index (χ0v) is 9.89. The Balaban J connectivity index is 2.29. The summed E-state index contributed by atoms with van der Waals surface area (Å²) in [7, 11) is -3.36. The maximum absolute atomic E-state index is 11.2. The van der Waals surface area contributed by atoms with E-state index in [0.717, 1.165) is 18.8 Å². The maximum atomic E-state index is 11.2. The second kappa shape index (κ2) is 5.47. The Kier molecular flexibility index (Phi) is 4.55. The summed E-state index contributed by atoms with van der Waals surface area (Å²) in [6, 6.07) is 1.65. The summed E-state index contributed by atoms with van der Waals surface area (Å²) in [5.74, 6) is 0.794. The summed E-state index contributed by atoms with van der Waals surface area (Å²) in [5.41, 5.74) is 0. The molecule has 0 radical (unpaired) electrons. The molecular formula is C10H18N2O2S. The van der Waals surface area contributed by atoms with E-state index < -0.39 is 15.8 Å². The minimum Gasteiger partial charge on any atom is -0.214 e. The van der Waals surface area contributed by atoms with Gasteiger partial charge in [-0.3, -0.25) is 0 Å². The quantitative estimate of drug-likeness (QED) is 0.790. The first-order chi connectivity index (χ1) is 7.03. The summed E-state index contributed by atoms with van der Waals surface area (Å²) < 4.78 is 24.9. The van der Waals surface area contributed by atoms with Crippen LogP contribution in [0.3, 0.4) is 0 Å². The van der Waals surface area contributed by atoms with Crippen LogP contribution in [-0.2, 0) is 10.0 Å². The fourth-order valence-electron chi connectivity index (χ4n) is 1.91. The molecule has 1 fully saturated rings. The molecule has 1 rings (SSSR count). The van der Waals surface area contributed by atoms with Crippen molar-refractivity contribution in [3.8, 4) is 6.07 Å². The highest BCUT2D eigenvalue weighted by Gasteiger charge is 2.19. The van der Waals surface area contributed by atoms with E-state index >= 15 is 0 Å². The van der Waals surface area contributed by atoms with Crippen LogP contribution in [-0.4, -0.2) is 20.7 Å². The lowest BCUT2D eigenvalue weighted by Gasteiger charge is -2.25. The van der Waals surface area contributed by atoms with Gasteiger partial charge in [-0.25, -0.2) is 13.1 Å². The van der Waals surface area contributed by atoms with Crippen LogP contribution in [0.1, 0.15) is 32.6 Å². The van der Waals surface area contributed by atoms with Gasteiger partial charge in [-0.05, 0) is 24.7 Å². The summed E-state index contributed by atoms with van der Waals surface area (Å²) in [6.07, 6.45) is 4.56. The van der Waals surface area contributed by atoms with Crippen molar-refractivity contribution in [3.05, 3.63) is 0 Å². The molecular weight excluding hydrogens is 212 g/mol. The van der Waals surface area contributed by atoms with Crippen LogP contribution in [0.2, 0.25) is 0 Å². The van der Waals surface area contributed by atoms with Crippen molar-refractivity contribution in [1.82, 2.24) is 4.72 Å². The number of hydrogen-bond donors (Lipinski definition) is 1.